The van der Waals surface area contributed by atoms with E-state index in [0.29, 0.717) is 24.7 Å². The van der Waals surface area contributed by atoms with E-state index in [0.717, 1.165) is 0 Å². The number of hydrogen-bond donors (Lipinski definition) is 2. The highest BCUT2D eigenvalue weighted by molar-refractivity contribution is 6.32. The molecule has 0 fully saturated rings. The van der Waals surface area contributed by atoms with Crippen LogP contribution < -0.4 is 10.5 Å². The molecule has 0 atom stereocenters. The van der Waals surface area contributed by atoms with Crippen LogP contribution in [0.4, 0.5) is 5.69 Å². The number of nitrogen functional groups attached to an aromatic ring is 1. The summed E-state index contributed by atoms with van der Waals surface area (Å²) in [6.45, 7) is 0.871. The molecular formula is C15H19NO7. The highest BCUT2D eigenvalue weighted by Crippen LogP contribution is 2.12. The summed E-state index contributed by atoms with van der Waals surface area (Å²) in [4.78, 5) is 32.2. The smallest absolute Gasteiger partial charge is 0.372 e. The molecule has 0 saturated heterocycles. The van der Waals surface area contributed by atoms with Crippen LogP contribution in [0.15, 0.2) is 24.3 Å². The number of carboxylic acid groups (broad SMARTS) is 1. The maximum absolute atomic E-state index is 11.2. The van der Waals surface area contributed by atoms with E-state index in [1.807, 2.05) is 0 Å². The number of carbonyl (C=O) groups is 3. The van der Waals surface area contributed by atoms with Crippen LogP contribution in [0.5, 0.6) is 5.75 Å². The van der Waals surface area contributed by atoms with Gasteiger partial charge in [0.2, 0.25) is 5.78 Å². The van der Waals surface area contributed by atoms with Gasteiger partial charge in [0.1, 0.15) is 19.0 Å². The third kappa shape index (κ3) is 8.42. The van der Waals surface area contributed by atoms with Gasteiger partial charge in [-0.3, -0.25) is 9.59 Å². The molecule has 126 valence electrons. The molecule has 0 saturated carbocycles. The van der Waals surface area contributed by atoms with E-state index in [4.69, 9.17) is 25.1 Å². The summed E-state index contributed by atoms with van der Waals surface area (Å²) in [5.41, 5.74) is 6.20. The van der Waals surface area contributed by atoms with Crippen molar-refractivity contribution in [2.75, 3.05) is 32.2 Å². The summed E-state index contributed by atoms with van der Waals surface area (Å²) in [7, 11) is 0. The minimum absolute atomic E-state index is 0.0297. The van der Waals surface area contributed by atoms with E-state index in [2.05, 4.69) is 0 Å². The van der Waals surface area contributed by atoms with Crippen molar-refractivity contribution >= 4 is 23.4 Å². The highest BCUT2D eigenvalue weighted by atomic mass is 16.6. The first kappa shape index (κ1) is 18.4. The van der Waals surface area contributed by atoms with E-state index >= 15 is 0 Å². The van der Waals surface area contributed by atoms with Crippen LogP contribution in [0.25, 0.3) is 0 Å². The first-order valence-corrected chi connectivity index (χ1v) is 6.97. The van der Waals surface area contributed by atoms with E-state index in [1.165, 1.54) is 0 Å². The molecule has 0 heterocycles. The Bertz CT molecular complexity index is 527. The van der Waals surface area contributed by atoms with Gasteiger partial charge < -0.3 is 25.1 Å². The predicted octanol–water partition coefficient (Wildman–Crippen LogP) is 0.641. The third-order valence-corrected chi connectivity index (χ3v) is 2.66. The number of anilines is 1. The van der Waals surface area contributed by atoms with Gasteiger partial charge in [0.15, 0.2) is 0 Å². The van der Waals surface area contributed by atoms with Gasteiger partial charge in [-0.15, -0.1) is 0 Å². The summed E-state index contributed by atoms with van der Waals surface area (Å²) in [5, 5.41) is 8.35. The fourth-order valence-corrected chi connectivity index (χ4v) is 1.49. The largest absolute Gasteiger partial charge is 0.491 e. The first-order valence-electron chi connectivity index (χ1n) is 6.97. The van der Waals surface area contributed by atoms with Gasteiger partial charge in [-0.2, -0.15) is 0 Å². The number of esters is 1. The lowest BCUT2D eigenvalue weighted by Crippen LogP contribution is -2.17. The van der Waals surface area contributed by atoms with Crippen LogP contribution in [-0.2, 0) is 23.9 Å². The molecule has 3 N–H and O–H groups in total. The highest BCUT2D eigenvalue weighted by Gasteiger charge is 2.13. The molecule has 0 aliphatic rings. The molecule has 0 aromatic heterocycles. The molecule has 23 heavy (non-hydrogen) atoms. The molecule has 0 radical (unpaired) electrons. The quantitative estimate of drug-likeness (QED) is 0.263. The van der Waals surface area contributed by atoms with E-state index < -0.39 is 17.7 Å². The molecule has 8 heteroatoms. The Balaban J connectivity index is 1.98. The number of ketones is 1. The van der Waals surface area contributed by atoms with Crippen molar-refractivity contribution in [3.05, 3.63) is 24.3 Å². The van der Waals surface area contributed by atoms with Crippen molar-refractivity contribution in [1.29, 1.82) is 0 Å². The Hall–Kier alpha value is -2.61. The van der Waals surface area contributed by atoms with Crippen molar-refractivity contribution in [3.8, 4) is 5.75 Å². The number of Topliss-reactive ketones (excluding diaryl/α,β-unsaturated/α-hetero) is 1. The predicted molar refractivity (Wildman–Crippen MR) is 80.0 cm³/mol. The van der Waals surface area contributed by atoms with Crippen LogP contribution in [0.2, 0.25) is 0 Å². The fourth-order valence-electron chi connectivity index (χ4n) is 1.49. The molecule has 0 aliphatic heterocycles. The van der Waals surface area contributed by atoms with Crippen molar-refractivity contribution in [1.82, 2.24) is 0 Å². The van der Waals surface area contributed by atoms with Crippen molar-refractivity contribution in [3.63, 3.8) is 0 Å². The average Bonchev–Trinajstić information content (AvgIpc) is 2.53. The number of benzene rings is 1. The molecule has 1 rings (SSSR count). The summed E-state index contributed by atoms with van der Waals surface area (Å²) in [5.74, 6) is -2.53. The Morgan fingerprint density at radius 1 is 0.957 bits per heavy atom. The van der Waals surface area contributed by atoms with Crippen LogP contribution in [0.1, 0.15) is 12.8 Å². The summed E-state index contributed by atoms with van der Waals surface area (Å²) in [6, 6.07) is 6.94. The second kappa shape index (κ2) is 10.2. The van der Waals surface area contributed by atoms with Crippen molar-refractivity contribution < 1.29 is 33.7 Å². The zero-order valence-electron chi connectivity index (χ0n) is 12.5. The minimum atomic E-state index is -1.55. The average molecular weight is 325 g/mol. The van der Waals surface area contributed by atoms with Crippen molar-refractivity contribution in [2.24, 2.45) is 0 Å². The van der Waals surface area contributed by atoms with Crippen LogP contribution in [0.3, 0.4) is 0 Å². The number of nitrogens with two attached hydrogens (primary N) is 1. The van der Waals surface area contributed by atoms with Crippen LogP contribution in [0, 0.1) is 0 Å². The number of carbonyl (C=O) groups excluding carboxylic acids is 2. The second-order valence-electron chi connectivity index (χ2n) is 4.48. The van der Waals surface area contributed by atoms with Gasteiger partial charge in [0.25, 0.3) is 0 Å². The molecule has 0 aliphatic carbocycles. The van der Waals surface area contributed by atoms with Gasteiger partial charge in [-0.25, -0.2) is 4.79 Å². The van der Waals surface area contributed by atoms with Gasteiger partial charge in [-0.1, -0.05) is 0 Å². The number of hydrogen-bond acceptors (Lipinski definition) is 7. The Kier molecular flexibility index (Phi) is 8.16. The van der Waals surface area contributed by atoms with Crippen LogP contribution >= 0.6 is 0 Å². The Morgan fingerprint density at radius 3 is 2.26 bits per heavy atom. The second-order valence-corrected chi connectivity index (χ2v) is 4.48. The minimum Gasteiger partial charge on any atom is -0.491 e. The van der Waals surface area contributed by atoms with E-state index in [-0.39, 0.29) is 26.1 Å². The van der Waals surface area contributed by atoms with Gasteiger partial charge in [0.05, 0.1) is 19.6 Å². The molecule has 0 spiro atoms. The molecule has 0 bridgehead atoms. The molecule has 0 amide bonds. The maximum Gasteiger partial charge on any atom is 0.372 e. The molecular weight excluding hydrogens is 306 g/mol. The monoisotopic (exact) mass is 325 g/mol. The Labute approximate surface area is 133 Å². The van der Waals surface area contributed by atoms with E-state index in [1.54, 1.807) is 24.3 Å². The molecule has 1 aromatic rings. The number of ether oxygens (including phenoxy) is 3. The summed E-state index contributed by atoms with van der Waals surface area (Å²) in [6.07, 6.45) is -0.629. The SMILES string of the molecule is Nc1ccc(OCCOCCOC(=O)CCC(=O)C(=O)O)cc1. The first-order chi connectivity index (χ1) is 11.0. The number of carboxylic acids is 1. The standard InChI is InChI=1S/C15H19NO7/c16-11-1-3-12(4-2-11)22-9-7-21-8-10-23-14(18)6-5-13(17)15(19)20/h1-4H,5-10,16H2,(H,19,20). The van der Waals surface area contributed by atoms with Gasteiger partial charge in [0, 0.05) is 12.1 Å². The lowest BCUT2D eigenvalue weighted by molar-refractivity contribution is -0.151. The molecule has 0 unspecified atom stereocenters. The lowest BCUT2D eigenvalue weighted by Gasteiger charge is -2.08. The van der Waals surface area contributed by atoms with E-state index in [9.17, 15) is 14.4 Å². The summed E-state index contributed by atoms with van der Waals surface area (Å²) < 4.78 is 15.4. The summed E-state index contributed by atoms with van der Waals surface area (Å²) >= 11 is 0. The number of rotatable bonds is 11. The fraction of sp³-hybridized carbons (Fsp3) is 0.400. The van der Waals surface area contributed by atoms with Crippen molar-refractivity contribution in [2.45, 2.75) is 12.8 Å². The topological polar surface area (TPSA) is 125 Å². The third-order valence-electron chi connectivity index (χ3n) is 2.66. The molecule has 8 nitrogen and oxygen atoms in total. The van der Waals surface area contributed by atoms with Crippen LogP contribution in [-0.4, -0.2) is 49.3 Å². The molecule has 1 aromatic carbocycles. The maximum atomic E-state index is 11.2. The normalized spacial score (nSPS) is 10.1. The Morgan fingerprint density at radius 2 is 1.61 bits per heavy atom. The number of aliphatic carboxylic acids is 1. The zero-order valence-corrected chi connectivity index (χ0v) is 12.5. The van der Waals surface area contributed by atoms with Gasteiger partial charge in [-0.05, 0) is 24.3 Å². The lowest BCUT2D eigenvalue weighted by atomic mass is 10.2. The zero-order chi connectivity index (χ0) is 17.1. The van der Waals surface area contributed by atoms with Gasteiger partial charge >= 0.3 is 11.9 Å².